The Hall–Kier alpha value is -2.66. The van der Waals surface area contributed by atoms with Gasteiger partial charge in [0.25, 0.3) is 0 Å². The minimum atomic E-state index is 0.0175. The van der Waals surface area contributed by atoms with Crippen LogP contribution in [0.1, 0.15) is 30.7 Å². The first kappa shape index (κ1) is 16.8. The van der Waals surface area contributed by atoms with E-state index in [1.54, 1.807) is 0 Å². The number of anilines is 1. The van der Waals surface area contributed by atoms with Gasteiger partial charge in [0, 0.05) is 37.8 Å². The van der Waals surface area contributed by atoms with Crippen molar-refractivity contribution in [3.8, 4) is 0 Å². The van der Waals surface area contributed by atoms with Gasteiger partial charge < -0.3 is 14.5 Å². The lowest BCUT2D eigenvalue weighted by Crippen LogP contribution is -2.23. The van der Waals surface area contributed by atoms with E-state index >= 15 is 0 Å². The fourth-order valence-electron chi connectivity index (χ4n) is 3.34. The molecule has 1 amide bonds. The van der Waals surface area contributed by atoms with Gasteiger partial charge in [-0.25, -0.2) is 4.98 Å². The number of carbonyl (C=O) groups is 1. The maximum Gasteiger partial charge on any atom is 0.224 e. The van der Waals surface area contributed by atoms with Crippen LogP contribution in [0.5, 0.6) is 0 Å². The molecule has 1 aromatic heterocycles. The van der Waals surface area contributed by atoms with Crippen LogP contribution < -0.4 is 5.32 Å². The lowest BCUT2D eigenvalue weighted by atomic mass is 9.98. The van der Waals surface area contributed by atoms with Crippen LogP contribution in [0.15, 0.2) is 52.9 Å². The molecule has 4 rings (SSSR count). The van der Waals surface area contributed by atoms with Crippen molar-refractivity contribution in [2.24, 2.45) is 5.92 Å². The molecule has 0 radical (unpaired) electrons. The van der Waals surface area contributed by atoms with Crippen LogP contribution in [0.25, 0.3) is 11.1 Å². The Morgan fingerprint density at radius 3 is 2.88 bits per heavy atom. The first-order chi connectivity index (χ1) is 12.8. The summed E-state index contributed by atoms with van der Waals surface area (Å²) in [5, 5.41) is 2.96. The zero-order valence-corrected chi connectivity index (χ0v) is 14.6. The Bertz CT molecular complexity index is 883. The quantitative estimate of drug-likeness (QED) is 0.750. The van der Waals surface area contributed by atoms with Crippen LogP contribution >= 0.6 is 0 Å². The summed E-state index contributed by atoms with van der Waals surface area (Å²) >= 11 is 0. The van der Waals surface area contributed by atoms with E-state index in [4.69, 9.17) is 9.15 Å². The van der Waals surface area contributed by atoms with Crippen molar-refractivity contribution in [3.63, 3.8) is 0 Å². The van der Waals surface area contributed by atoms with E-state index in [1.165, 1.54) is 0 Å². The van der Waals surface area contributed by atoms with Crippen molar-refractivity contribution >= 4 is 22.7 Å². The molecular weight excluding hydrogens is 328 g/mol. The minimum Gasteiger partial charge on any atom is -0.440 e. The molecule has 2 heterocycles. The predicted molar refractivity (Wildman–Crippen MR) is 100 cm³/mol. The maximum absolute atomic E-state index is 12.3. The van der Waals surface area contributed by atoms with Crippen molar-refractivity contribution in [2.45, 2.75) is 25.7 Å². The summed E-state index contributed by atoms with van der Waals surface area (Å²) in [6.07, 6.45) is 3.23. The van der Waals surface area contributed by atoms with Crippen LogP contribution in [0.4, 0.5) is 5.69 Å². The van der Waals surface area contributed by atoms with Crippen molar-refractivity contribution in [2.75, 3.05) is 18.5 Å². The number of nitrogens with one attached hydrogen (secondary N) is 1. The Balaban J connectivity index is 1.42. The fraction of sp³-hybridized carbons (Fsp3) is 0.333. The Kier molecular flexibility index (Phi) is 4.97. The second kappa shape index (κ2) is 7.70. The summed E-state index contributed by atoms with van der Waals surface area (Å²) in [7, 11) is 0. The van der Waals surface area contributed by atoms with Crippen molar-refractivity contribution < 1.29 is 13.9 Å². The SMILES string of the molecule is O=C(CC1CCCOC1)Nc1ccc2nc(Cc3ccccc3)oc2c1. The lowest BCUT2D eigenvalue weighted by Gasteiger charge is -2.21. The molecule has 1 unspecified atom stereocenters. The molecule has 0 aliphatic carbocycles. The van der Waals surface area contributed by atoms with Gasteiger partial charge >= 0.3 is 0 Å². The number of oxazole rings is 1. The summed E-state index contributed by atoms with van der Waals surface area (Å²) in [5.74, 6) is 1.01. The van der Waals surface area contributed by atoms with Gasteiger partial charge in [-0.1, -0.05) is 30.3 Å². The van der Waals surface area contributed by atoms with E-state index in [0.29, 0.717) is 36.8 Å². The summed E-state index contributed by atoms with van der Waals surface area (Å²) < 4.78 is 11.3. The minimum absolute atomic E-state index is 0.0175. The first-order valence-corrected chi connectivity index (χ1v) is 9.07. The largest absolute Gasteiger partial charge is 0.440 e. The third-order valence-corrected chi connectivity index (χ3v) is 4.64. The standard InChI is InChI=1S/C21H22N2O3/c24-20(11-16-7-4-10-25-14-16)22-17-8-9-18-19(13-17)26-21(23-18)12-15-5-2-1-3-6-15/h1-3,5-6,8-9,13,16H,4,7,10-12,14H2,(H,22,24). The Labute approximate surface area is 152 Å². The molecule has 0 bridgehead atoms. The average molecular weight is 350 g/mol. The van der Waals surface area contributed by atoms with E-state index in [1.807, 2.05) is 36.4 Å². The zero-order chi connectivity index (χ0) is 17.8. The van der Waals surface area contributed by atoms with Crippen LogP contribution in [0.3, 0.4) is 0 Å². The fourth-order valence-corrected chi connectivity index (χ4v) is 3.34. The smallest absolute Gasteiger partial charge is 0.224 e. The summed E-state index contributed by atoms with van der Waals surface area (Å²) in [6, 6.07) is 15.7. The van der Waals surface area contributed by atoms with E-state index < -0.39 is 0 Å². The van der Waals surface area contributed by atoms with E-state index in [0.717, 1.165) is 36.2 Å². The first-order valence-electron chi connectivity index (χ1n) is 9.07. The number of rotatable bonds is 5. The molecule has 5 heteroatoms. The number of amides is 1. The van der Waals surface area contributed by atoms with Crippen LogP contribution in [0, 0.1) is 5.92 Å². The van der Waals surface area contributed by atoms with E-state index in [-0.39, 0.29) is 5.91 Å². The van der Waals surface area contributed by atoms with Gasteiger partial charge in [0.15, 0.2) is 11.5 Å². The predicted octanol–water partition coefficient (Wildman–Crippen LogP) is 4.17. The number of carbonyl (C=O) groups excluding carboxylic acids is 1. The Morgan fingerprint density at radius 1 is 1.19 bits per heavy atom. The maximum atomic E-state index is 12.3. The van der Waals surface area contributed by atoms with Gasteiger partial charge in [0.2, 0.25) is 5.91 Å². The molecule has 1 saturated heterocycles. The highest BCUT2D eigenvalue weighted by atomic mass is 16.5. The van der Waals surface area contributed by atoms with Gasteiger partial charge in [-0.15, -0.1) is 0 Å². The number of hydrogen-bond donors (Lipinski definition) is 1. The second-order valence-electron chi connectivity index (χ2n) is 6.79. The molecule has 1 atom stereocenters. The summed E-state index contributed by atoms with van der Waals surface area (Å²) in [5.41, 5.74) is 3.38. The van der Waals surface area contributed by atoms with Crippen LogP contribution in [-0.2, 0) is 16.0 Å². The third kappa shape index (κ3) is 4.11. The molecule has 2 aromatic carbocycles. The van der Waals surface area contributed by atoms with Crippen molar-refractivity contribution in [1.82, 2.24) is 4.98 Å². The molecule has 134 valence electrons. The topological polar surface area (TPSA) is 64.4 Å². The molecular formula is C21H22N2O3. The van der Waals surface area contributed by atoms with Crippen molar-refractivity contribution in [3.05, 3.63) is 60.0 Å². The molecule has 0 spiro atoms. The zero-order valence-electron chi connectivity index (χ0n) is 14.6. The van der Waals surface area contributed by atoms with Gasteiger partial charge in [0.05, 0.1) is 0 Å². The molecule has 5 nitrogen and oxygen atoms in total. The monoisotopic (exact) mass is 350 g/mol. The molecule has 1 aliphatic rings. The average Bonchev–Trinajstić information content (AvgIpc) is 3.05. The van der Waals surface area contributed by atoms with Crippen LogP contribution in [-0.4, -0.2) is 24.1 Å². The third-order valence-electron chi connectivity index (χ3n) is 4.64. The highest BCUT2D eigenvalue weighted by molar-refractivity contribution is 5.92. The number of fused-ring (bicyclic) bond motifs is 1. The lowest BCUT2D eigenvalue weighted by molar-refractivity contribution is -0.118. The molecule has 0 saturated carbocycles. The van der Waals surface area contributed by atoms with E-state index in [2.05, 4.69) is 22.4 Å². The van der Waals surface area contributed by atoms with Crippen LogP contribution in [0.2, 0.25) is 0 Å². The number of benzene rings is 2. The number of ether oxygens (including phenoxy) is 1. The molecule has 1 aliphatic heterocycles. The van der Waals surface area contributed by atoms with Gasteiger partial charge in [-0.2, -0.15) is 0 Å². The summed E-state index contributed by atoms with van der Waals surface area (Å²) in [4.78, 5) is 16.8. The van der Waals surface area contributed by atoms with E-state index in [9.17, 15) is 4.79 Å². The number of hydrogen-bond acceptors (Lipinski definition) is 4. The Morgan fingerprint density at radius 2 is 2.08 bits per heavy atom. The summed E-state index contributed by atoms with van der Waals surface area (Å²) in [6.45, 7) is 1.49. The highest BCUT2D eigenvalue weighted by Crippen LogP contribution is 2.23. The normalized spacial score (nSPS) is 17.3. The number of aromatic nitrogens is 1. The van der Waals surface area contributed by atoms with Gasteiger partial charge in [-0.05, 0) is 36.5 Å². The second-order valence-corrected chi connectivity index (χ2v) is 6.79. The molecule has 1 N–H and O–H groups in total. The van der Waals surface area contributed by atoms with Crippen molar-refractivity contribution in [1.29, 1.82) is 0 Å². The van der Waals surface area contributed by atoms with Gasteiger partial charge in [-0.3, -0.25) is 4.79 Å². The highest BCUT2D eigenvalue weighted by Gasteiger charge is 2.18. The van der Waals surface area contributed by atoms with Gasteiger partial charge in [0.1, 0.15) is 5.52 Å². The number of nitrogens with zero attached hydrogens (tertiary/aromatic N) is 1. The molecule has 1 fully saturated rings. The molecule has 26 heavy (non-hydrogen) atoms. The molecule has 3 aromatic rings.